The van der Waals surface area contributed by atoms with E-state index in [1.165, 1.54) is 0 Å². The Morgan fingerprint density at radius 2 is 2.43 bits per heavy atom. The van der Waals surface area contributed by atoms with Crippen molar-refractivity contribution in [3.05, 3.63) is 12.2 Å². The smallest absolute Gasteiger partial charge is 0.253 e. The number of nitrogens with one attached hydrogen (secondary N) is 1. The van der Waals surface area contributed by atoms with E-state index in [0.29, 0.717) is 19.7 Å². The molecule has 0 aromatic carbocycles. The van der Waals surface area contributed by atoms with Gasteiger partial charge in [-0.15, -0.1) is 0 Å². The van der Waals surface area contributed by atoms with Crippen LogP contribution in [-0.2, 0) is 9.53 Å². The van der Waals surface area contributed by atoms with E-state index < -0.39 is 0 Å². The largest absolute Gasteiger partial charge is 0.366 e. The summed E-state index contributed by atoms with van der Waals surface area (Å²) in [4.78, 5) is 13.4. The minimum absolute atomic E-state index is 0.0280. The molecule has 1 fully saturated rings. The first kappa shape index (κ1) is 11.2. The second-order valence-electron chi connectivity index (χ2n) is 3.71. The van der Waals surface area contributed by atoms with Crippen LogP contribution in [-0.4, -0.2) is 50.2 Å². The maximum Gasteiger partial charge on any atom is 0.253 e. The SMILES string of the molecule is C=C(C)CN(C)C(=O)C1CNCCO1. The summed E-state index contributed by atoms with van der Waals surface area (Å²) in [6, 6.07) is 0. The van der Waals surface area contributed by atoms with Gasteiger partial charge in [-0.05, 0) is 6.92 Å². The average Bonchev–Trinajstić information content (AvgIpc) is 2.17. The third-order valence-electron chi connectivity index (χ3n) is 2.09. The van der Waals surface area contributed by atoms with Gasteiger partial charge in [0.05, 0.1) is 6.61 Å². The van der Waals surface area contributed by atoms with Crippen LogP contribution in [0.15, 0.2) is 12.2 Å². The Hall–Kier alpha value is -0.870. The molecule has 0 saturated carbocycles. The fourth-order valence-electron chi connectivity index (χ4n) is 1.45. The van der Waals surface area contributed by atoms with Crippen molar-refractivity contribution in [2.75, 3.05) is 33.3 Å². The minimum Gasteiger partial charge on any atom is -0.366 e. The first-order valence-corrected chi connectivity index (χ1v) is 4.83. The molecule has 1 aliphatic heterocycles. The molecule has 1 unspecified atom stereocenters. The molecule has 4 nitrogen and oxygen atoms in total. The van der Waals surface area contributed by atoms with Crippen molar-refractivity contribution in [1.82, 2.24) is 10.2 Å². The van der Waals surface area contributed by atoms with Crippen molar-refractivity contribution in [1.29, 1.82) is 0 Å². The van der Waals surface area contributed by atoms with Crippen molar-refractivity contribution in [2.45, 2.75) is 13.0 Å². The van der Waals surface area contributed by atoms with E-state index >= 15 is 0 Å². The normalized spacial score (nSPS) is 21.7. The van der Waals surface area contributed by atoms with E-state index in [9.17, 15) is 4.79 Å². The number of carbonyl (C=O) groups excluding carboxylic acids is 1. The Balaban J connectivity index is 2.42. The summed E-state index contributed by atoms with van der Waals surface area (Å²) in [6.45, 7) is 8.32. The minimum atomic E-state index is -0.326. The van der Waals surface area contributed by atoms with Gasteiger partial charge in [-0.2, -0.15) is 0 Å². The van der Waals surface area contributed by atoms with Crippen LogP contribution in [0.3, 0.4) is 0 Å². The van der Waals surface area contributed by atoms with Gasteiger partial charge < -0.3 is 15.0 Å². The summed E-state index contributed by atoms with van der Waals surface area (Å²) >= 11 is 0. The number of rotatable bonds is 3. The van der Waals surface area contributed by atoms with E-state index in [0.717, 1.165) is 12.1 Å². The predicted octanol–water partition coefficient (Wildman–Crippen LogP) is 0.00930. The van der Waals surface area contributed by atoms with Crippen LogP contribution >= 0.6 is 0 Å². The van der Waals surface area contributed by atoms with Gasteiger partial charge >= 0.3 is 0 Å². The molecule has 0 radical (unpaired) electrons. The van der Waals surface area contributed by atoms with Crippen LogP contribution in [0.5, 0.6) is 0 Å². The van der Waals surface area contributed by atoms with Crippen LogP contribution in [0, 0.1) is 0 Å². The third kappa shape index (κ3) is 3.12. The number of hydrogen-bond donors (Lipinski definition) is 1. The van der Waals surface area contributed by atoms with Crippen LogP contribution in [0.2, 0.25) is 0 Å². The summed E-state index contributed by atoms with van der Waals surface area (Å²) in [6.07, 6.45) is -0.326. The highest BCUT2D eigenvalue weighted by molar-refractivity contribution is 5.81. The Bertz CT molecular complexity index is 222. The first-order valence-electron chi connectivity index (χ1n) is 4.83. The van der Waals surface area contributed by atoms with E-state index in [2.05, 4.69) is 11.9 Å². The lowest BCUT2D eigenvalue weighted by Crippen LogP contribution is -2.48. The molecule has 0 aromatic heterocycles. The number of hydrogen-bond acceptors (Lipinski definition) is 3. The summed E-state index contributed by atoms with van der Waals surface area (Å²) < 4.78 is 5.36. The highest BCUT2D eigenvalue weighted by atomic mass is 16.5. The van der Waals surface area contributed by atoms with Crippen molar-refractivity contribution in [2.24, 2.45) is 0 Å². The van der Waals surface area contributed by atoms with Crippen LogP contribution in [0.1, 0.15) is 6.92 Å². The van der Waals surface area contributed by atoms with Crippen molar-refractivity contribution in [3.8, 4) is 0 Å². The Labute approximate surface area is 84.9 Å². The maximum absolute atomic E-state index is 11.8. The highest BCUT2D eigenvalue weighted by Gasteiger charge is 2.24. The molecule has 0 aromatic rings. The standard InChI is InChI=1S/C10H18N2O2/c1-8(2)7-12(3)10(13)9-6-11-4-5-14-9/h9,11H,1,4-7H2,2-3H3. The fourth-order valence-corrected chi connectivity index (χ4v) is 1.45. The Morgan fingerprint density at radius 3 is 2.93 bits per heavy atom. The molecule has 1 saturated heterocycles. The molecular weight excluding hydrogens is 180 g/mol. The molecule has 14 heavy (non-hydrogen) atoms. The van der Waals surface area contributed by atoms with E-state index in [-0.39, 0.29) is 12.0 Å². The van der Waals surface area contributed by atoms with Gasteiger partial charge in [0.15, 0.2) is 0 Å². The molecular formula is C10H18N2O2. The summed E-state index contributed by atoms with van der Waals surface area (Å²) in [5.74, 6) is 0.0280. The molecule has 1 amide bonds. The molecule has 0 aliphatic carbocycles. The number of carbonyl (C=O) groups is 1. The third-order valence-corrected chi connectivity index (χ3v) is 2.09. The zero-order valence-corrected chi connectivity index (χ0v) is 8.88. The molecule has 0 spiro atoms. The van der Waals surface area contributed by atoms with Gasteiger partial charge in [-0.1, -0.05) is 12.2 Å². The number of morpholine rings is 1. The van der Waals surface area contributed by atoms with Gasteiger partial charge in [0.1, 0.15) is 6.10 Å². The predicted molar refractivity (Wildman–Crippen MR) is 55.1 cm³/mol. The molecule has 0 bridgehead atoms. The molecule has 80 valence electrons. The first-order chi connectivity index (χ1) is 6.61. The zero-order chi connectivity index (χ0) is 10.6. The quantitative estimate of drug-likeness (QED) is 0.649. The van der Waals surface area contributed by atoms with E-state index in [1.807, 2.05) is 6.92 Å². The molecule has 4 heteroatoms. The summed E-state index contributed by atoms with van der Waals surface area (Å²) in [5, 5.41) is 3.13. The van der Waals surface area contributed by atoms with Gasteiger partial charge in [-0.3, -0.25) is 4.79 Å². The van der Waals surface area contributed by atoms with Gasteiger partial charge in [0.25, 0.3) is 5.91 Å². The maximum atomic E-state index is 11.8. The number of amides is 1. The van der Waals surface area contributed by atoms with E-state index in [4.69, 9.17) is 4.74 Å². The number of ether oxygens (including phenoxy) is 1. The fraction of sp³-hybridized carbons (Fsp3) is 0.700. The van der Waals surface area contributed by atoms with Crippen LogP contribution in [0.25, 0.3) is 0 Å². The molecule has 1 aliphatic rings. The van der Waals surface area contributed by atoms with Crippen LogP contribution < -0.4 is 5.32 Å². The van der Waals surface area contributed by atoms with Crippen LogP contribution in [0.4, 0.5) is 0 Å². The molecule has 1 N–H and O–H groups in total. The van der Waals surface area contributed by atoms with Crippen molar-refractivity contribution < 1.29 is 9.53 Å². The molecule has 1 heterocycles. The lowest BCUT2D eigenvalue weighted by Gasteiger charge is -2.27. The number of nitrogens with zero attached hydrogens (tertiary/aromatic N) is 1. The van der Waals surface area contributed by atoms with Crippen molar-refractivity contribution in [3.63, 3.8) is 0 Å². The van der Waals surface area contributed by atoms with Gasteiger partial charge in [0, 0.05) is 26.7 Å². The summed E-state index contributed by atoms with van der Waals surface area (Å²) in [7, 11) is 1.77. The second-order valence-corrected chi connectivity index (χ2v) is 3.71. The lowest BCUT2D eigenvalue weighted by molar-refractivity contribution is -0.143. The average molecular weight is 198 g/mol. The summed E-state index contributed by atoms with van der Waals surface area (Å²) in [5.41, 5.74) is 0.976. The molecule has 1 rings (SSSR count). The Kier molecular flexibility index (Phi) is 4.10. The van der Waals surface area contributed by atoms with Gasteiger partial charge in [0.2, 0.25) is 0 Å². The van der Waals surface area contributed by atoms with Crippen molar-refractivity contribution >= 4 is 5.91 Å². The molecule has 1 atom stereocenters. The lowest BCUT2D eigenvalue weighted by atomic mass is 10.2. The topological polar surface area (TPSA) is 41.6 Å². The zero-order valence-electron chi connectivity index (χ0n) is 8.88. The highest BCUT2D eigenvalue weighted by Crippen LogP contribution is 2.02. The second kappa shape index (κ2) is 5.12. The monoisotopic (exact) mass is 198 g/mol. The number of likely N-dealkylation sites (N-methyl/N-ethyl adjacent to an activating group) is 1. The Morgan fingerprint density at radius 1 is 1.71 bits per heavy atom. The van der Waals surface area contributed by atoms with E-state index in [1.54, 1.807) is 11.9 Å². The van der Waals surface area contributed by atoms with Gasteiger partial charge in [-0.25, -0.2) is 0 Å².